The number of hydrogen-bond acceptors (Lipinski definition) is 12. The van der Waals surface area contributed by atoms with Gasteiger partial charge in [0.05, 0.1) is 17.6 Å². The summed E-state index contributed by atoms with van der Waals surface area (Å²) in [6, 6.07) is 5.23. The normalized spacial score (nSPS) is 27.5. The monoisotopic (exact) mass is 644 g/mol. The standard InChI is InChI=1S/C34H44N8O3S/c1-21(25-7-5-12-42(25)22-9-17-43-20-22)44-28-18-27(41-15-13-40(2)14-16-41)37-33(38-28)30-23-6-3-10-34(31(23)45-39-30)11-4-8-26-29(34)24(19-35)32(36)46-26/h18,21-22,25H,3-17,20,36H2,1-2H3/t21-,22+,25-,34-/m0/s1. The topological polar surface area (TPSA) is 130 Å². The lowest BCUT2D eigenvalue weighted by molar-refractivity contribution is 0.0665. The molecule has 1 spiro atoms. The fourth-order valence-electron chi connectivity index (χ4n) is 8.82. The van der Waals surface area contributed by atoms with Crippen LogP contribution in [0.5, 0.6) is 5.88 Å². The lowest BCUT2D eigenvalue weighted by Gasteiger charge is -2.39. The number of piperazine rings is 1. The number of aromatic nitrogens is 3. The van der Waals surface area contributed by atoms with Gasteiger partial charge in [-0.1, -0.05) is 5.16 Å². The molecule has 0 radical (unpaired) electrons. The van der Waals surface area contributed by atoms with Crippen LogP contribution in [-0.2, 0) is 23.0 Å². The summed E-state index contributed by atoms with van der Waals surface area (Å²) in [4.78, 5) is 18.7. The molecule has 3 aromatic rings. The zero-order valence-corrected chi connectivity index (χ0v) is 27.8. The number of hydrogen-bond donors (Lipinski definition) is 1. The van der Waals surface area contributed by atoms with E-state index < -0.39 is 0 Å². The van der Waals surface area contributed by atoms with Crippen LogP contribution in [0.25, 0.3) is 11.5 Å². The fraction of sp³-hybridized carbons (Fsp3) is 0.647. The summed E-state index contributed by atoms with van der Waals surface area (Å²) in [6.07, 6.45) is 8.97. The summed E-state index contributed by atoms with van der Waals surface area (Å²) >= 11 is 1.56. The van der Waals surface area contributed by atoms with Gasteiger partial charge in [0.2, 0.25) is 5.88 Å². The van der Waals surface area contributed by atoms with Crippen LogP contribution in [0.3, 0.4) is 0 Å². The third-order valence-corrected chi connectivity index (χ3v) is 12.2. The Balaban J connectivity index is 1.16. The van der Waals surface area contributed by atoms with Gasteiger partial charge in [0, 0.05) is 61.4 Å². The van der Waals surface area contributed by atoms with Crippen LogP contribution in [0.1, 0.15) is 79.2 Å². The summed E-state index contributed by atoms with van der Waals surface area (Å²) < 4.78 is 18.8. The van der Waals surface area contributed by atoms with Crippen LogP contribution in [-0.4, -0.2) is 96.1 Å². The second kappa shape index (κ2) is 12.1. The third kappa shape index (κ3) is 5.07. The summed E-state index contributed by atoms with van der Waals surface area (Å²) in [5.74, 6) is 2.87. The molecule has 3 aliphatic heterocycles. The smallest absolute Gasteiger partial charge is 0.219 e. The molecule has 3 saturated heterocycles. The highest BCUT2D eigenvalue weighted by Gasteiger charge is 2.49. The van der Waals surface area contributed by atoms with Crippen molar-refractivity contribution >= 4 is 22.2 Å². The average Bonchev–Trinajstić information content (AvgIpc) is 3.87. The molecule has 4 atom stereocenters. The van der Waals surface area contributed by atoms with Crippen molar-refractivity contribution < 1.29 is 14.0 Å². The van der Waals surface area contributed by atoms with Gasteiger partial charge in [0.15, 0.2) is 17.3 Å². The molecule has 46 heavy (non-hydrogen) atoms. The van der Waals surface area contributed by atoms with Gasteiger partial charge < -0.3 is 29.5 Å². The van der Waals surface area contributed by atoms with Crippen molar-refractivity contribution in [3.8, 4) is 23.5 Å². The van der Waals surface area contributed by atoms with E-state index in [0.717, 1.165) is 120 Å². The Bertz CT molecular complexity index is 1630. The van der Waals surface area contributed by atoms with Gasteiger partial charge >= 0.3 is 0 Å². The predicted molar refractivity (Wildman–Crippen MR) is 176 cm³/mol. The van der Waals surface area contributed by atoms with Crippen molar-refractivity contribution in [2.45, 2.75) is 88.3 Å². The Morgan fingerprint density at radius 2 is 1.93 bits per heavy atom. The van der Waals surface area contributed by atoms with Crippen LogP contribution < -0.4 is 15.4 Å². The van der Waals surface area contributed by atoms with E-state index in [4.69, 9.17) is 34.9 Å². The molecule has 0 unspecified atom stereocenters. The molecule has 3 aromatic heterocycles. The Hall–Kier alpha value is -3.24. The highest BCUT2D eigenvalue weighted by molar-refractivity contribution is 7.16. The van der Waals surface area contributed by atoms with E-state index in [1.807, 2.05) is 6.07 Å². The maximum Gasteiger partial charge on any atom is 0.219 e. The minimum atomic E-state index is -0.385. The number of nitriles is 1. The lowest BCUT2D eigenvalue weighted by atomic mass is 9.63. The van der Waals surface area contributed by atoms with Crippen molar-refractivity contribution in [2.75, 3.05) is 63.6 Å². The number of likely N-dealkylation sites (N-methyl/N-ethyl adjacent to an activating group) is 1. The Morgan fingerprint density at radius 3 is 2.72 bits per heavy atom. The highest BCUT2D eigenvalue weighted by atomic mass is 32.1. The molecule has 0 amide bonds. The first-order valence-corrected chi connectivity index (χ1v) is 17.9. The van der Waals surface area contributed by atoms with E-state index in [0.29, 0.717) is 40.0 Å². The van der Waals surface area contributed by atoms with E-state index in [2.05, 4.69) is 34.7 Å². The minimum Gasteiger partial charge on any atom is -0.473 e. The zero-order chi connectivity index (χ0) is 31.4. The summed E-state index contributed by atoms with van der Waals surface area (Å²) in [5.41, 5.74) is 9.45. The van der Waals surface area contributed by atoms with Crippen molar-refractivity contribution in [3.05, 3.63) is 33.4 Å². The van der Waals surface area contributed by atoms with Crippen molar-refractivity contribution in [1.82, 2.24) is 24.9 Å². The fourth-order valence-corrected chi connectivity index (χ4v) is 9.98. The van der Waals surface area contributed by atoms with Gasteiger partial charge in [-0.3, -0.25) is 4.90 Å². The summed E-state index contributed by atoms with van der Waals surface area (Å²) in [5, 5.41) is 15.4. The van der Waals surface area contributed by atoms with Gasteiger partial charge in [-0.15, -0.1) is 11.3 Å². The molecule has 5 aliphatic rings. The van der Waals surface area contributed by atoms with Crippen molar-refractivity contribution in [2.24, 2.45) is 0 Å². The first kappa shape index (κ1) is 30.1. The number of fused-ring (bicyclic) bond motifs is 4. The van der Waals surface area contributed by atoms with Crippen LogP contribution in [0.15, 0.2) is 10.6 Å². The molecule has 0 bridgehead atoms. The first-order valence-electron chi connectivity index (χ1n) is 17.1. The summed E-state index contributed by atoms with van der Waals surface area (Å²) in [7, 11) is 2.16. The first-order chi connectivity index (χ1) is 22.4. The molecule has 8 rings (SSSR count). The third-order valence-electron chi connectivity index (χ3n) is 11.2. The molecule has 2 N–H and O–H groups in total. The van der Waals surface area contributed by atoms with Gasteiger partial charge in [0.25, 0.3) is 0 Å². The quantitative estimate of drug-likeness (QED) is 0.410. The van der Waals surface area contributed by atoms with Crippen molar-refractivity contribution in [3.63, 3.8) is 0 Å². The molecule has 0 saturated carbocycles. The maximum absolute atomic E-state index is 10.1. The van der Waals surface area contributed by atoms with Gasteiger partial charge in [-0.05, 0) is 83.9 Å². The second-order valence-corrected chi connectivity index (χ2v) is 15.0. The van der Waals surface area contributed by atoms with E-state index >= 15 is 0 Å². The Kier molecular flexibility index (Phi) is 7.91. The van der Waals surface area contributed by atoms with E-state index in [9.17, 15) is 5.26 Å². The Morgan fingerprint density at radius 1 is 1.11 bits per heavy atom. The Labute approximate surface area is 274 Å². The number of likely N-dealkylation sites (tertiary alicyclic amines) is 1. The number of nitrogens with two attached hydrogens (primary N) is 1. The van der Waals surface area contributed by atoms with Crippen molar-refractivity contribution in [1.29, 1.82) is 5.26 Å². The van der Waals surface area contributed by atoms with Gasteiger partial charge in [0.1, 0.15) is 23.0 Å². The van der Waals surface area contributed by atoms with Crippen LogP contribution in [0.4, 0.5) is 10.8 Å². The number of thiophene rings is 1. The number of aryl methyl sites for hydroxylation is 1. The predicted octanol–water partition coefficient (Wildman–Crippen LogP) is 4.38. The molecule has 3 fully saturated rings. The van der Waals surface area contributed by atoms with Crippen LogP contribution in [0.2, 0.25) is 0 Å². The highest BCUT2D eigenvalue weighted by Crippen LogP contribution is 2.55. The largest absolute Gasteiger partial charge is 0.473 e. The number of ether oxygens (including phenoxy) is 2. The molecular formula is C34H44N8O3S. The summed E-state index contributed by atoms with van der Waals surface area (Å²) in [6.45, 7) is 8.64. The van der Waals surface area contributed by atoms with E-state index in [1.54, 1.807) is 11.3 Å². The molecule has 2 aliphatic carbocycles. The van der Waals surface area contributed by atoms with Gasteiger partial charge in [-0.25, -0.2) is 4.98 Å². The zero-order valence-electron chi connectivity index (χ0n) is 27.0. The van der Waals surface area contributed by atoms with E-state index in [-0.39, 0.29) is 11.5 Å². The molecule has 11 nitrogen and oxygen atoms in total. The molecule has 6 heterocycles. The number of anilines is 2. The number of rotatable bonds is 6. The molecule has 244 valence electrons. The number of nitrogen functional groups attached to an aromatic ring is 1. The van der Waals surface area contributed by atoms with Gasteiger partial charge in [-0.2, -0.15) is 10.2 Å². The molecular weight excluding hydrogens is 600 g/mol. The lowest BCUT2D eigenvalue weighted by Crippen LogP contribution is -2.46. The second-order valence-electron chi connectivity index (χ2n) is 13.8. The van der Waals surface area contributed by atoms with E-state index in [1.165, 1.54) is 11.3 Å². The molecule has 12 heteroatoms. The SMILES string of the molecule is C[C@H](Oc1cc(N2CCN(C)CC2)nc(-c2noc3c2CCC[C@@]32CCCc3sc(N)c(C#N)c32)n1)[C@@H]1CCCN1[C@@H]1CCOC1. The average molecular weight is 645 g/mol. The maximum atomic E-state index is 10.1. The minimum absolute atomic E-state index is 0.0326. The number of nitrogens with zero attached hydrogens (tertiary/aromatic N) is 7. The molecule has 0 aromatic carbocycles. The van der Waals surface area contributed by atoms with Crippen LogP contribution >= 0.6 is 11.3 Å². The van der Waals surface area contributed by atoms with Crippen LogP contribution in [0, 0.1) is 11.3 Å².